The Morgan fingerprint density at radius 1 is 1.35 bits per heavy atom. The maximum Gasteiger partial charge on any atom is 0.177 e. The molecule has 1 aliphatic rings. The molecule has 0 aliphatic carbocycles. The molecule has 1 saturated heterocycles. The molecule has 1 heterocycles. The Morgan fingerprint density at radius 2 is 2.18 bits per heavy atom. The lowest BCUT2D eigenvalue weighted by Gasteiger charge is -2.08. The lowest BCUT2D eigenvalue weighted by molar-refractivity contribution is -0.0382. The van der Waals surface area contributed by atoms with Crippen molar-refractivity contribution in [3.63, 3.8) is 0 Å². The largest absolute Gasteiger partial charge is 0.379 e. The van der Waals surface area contributed by atoms with Gasteiger partial charge in [0, 0.05) is 6.61 Å². The summed E-state index contributed by atoms with van der Waals surface area (Å²) in [5, 5.41) is 0. The van der Waals surface area contributed by atoms with Crippen molar-refractivity contribution in [3.05, 3.63) is 42.0 Å². The molecule has 92 valence electrons. The molecule has 0 aromatic heterocycles. The summed E-state index contributed by atoms with van der Waals surface area (Å²) in [5.74, 6) is 0. The number of hydrogen-bond donors (Lipinski definition) is 0. The summed E-state index contributed by atoms with van der Waals surface area (Å²) in [5.41, 5.74) is 1.15. The van der Waals surface area contributed by atoms with Crippen LogP contribution in [0.1, 0.15) is 12.5 Å². The second-order valence-electron chi connectivity index (χ2n) is 3.89. The molecule has 0 saturated carbocycles. The van der Waals surface area contributed by atoms with Crippen LogP contribution in [0.2, 0.25) is 0 Å². The number of hydrogen-bond acceptors (Lipinski definition) is 3. The summed E-state index contributed by atoms with van der Waals surface area (Å²) in [6, 6.07) is 10.1. The molecule has 3 nitrogen and oxygen atoms in total. The van der Waals surface area contributed by atoms with E-state index in [-0.39, 0.29) is 12.4 Å². The summed E-state index contributed by atoms with van der Waals surface area (Å²) in [7, 11) is 0. The maximum absolute atomic E-state index is 5.65. The van der Waals surface area contributed by atoms with Crippen molar-refractivity contribution in [2.45, 2.75) is 19.3 Å². The summed E-state index contributed by atoms with van der Waals surface area (Å²) < 4.78 is 16.4. The first kappa shape index (κ1) is 12.3. The normalized spacial score (nSPS) is 24.5. The van der Waals surface area contributed by atoms with Crippen LogP contribution in [-0.2, 0) is 14.2 Å². The average Bonchev–Trinajstić information content (AvgIpc) is 2.83. The summed E-state index contributed by atoms with van der Waals surface area (Å²) >= 11 is 0. The van der Waals surface area contributed by atoms with Crippen molar-refractivity contribution in [1.29, 1.82) is 0 Å². The molecule has 2 atom stereocenters. The van der Waals surface area contributed by atoms with Crippen LogP contribution < -0.4 is 0 Å². The molecule has 3 heteroatoms. The van der Waals surface area contributed by atoms with E-state index in [2.05, 4.69) is 0 Å². The van der Waals surface area contributed by atoms with E-state index in [1.54, 1.807) is 0 Å². The predicted molar refractivity (Wildman–Crippen MR) is 66.6 cm³/mol. The van der Waals surface area contributed by atoms with Crippen LogP contribution in [0.5, 0.6) is 0 Å². The Labute approximate surface area is 102 Å². The van der Waals surface area contributed by atoms with Gasteiger partial charge in [0.25, 0.3) is 0 Å². The fourth-order valence-electron chi connectivity index (χ4n) is 1.66. The SMILES string of the molecule is CCOC[C@H]1CO[C@H](/C=C\c2ccccc2)O1. The number of benzene rings is 1. The molecule has 0 bridgehead atoms. The number of rotatable bonds is 5. The van der Waals surface area contributed by atoms with Crippen molar-refractivity contribution in [2.75, 3.05) is 19.8 Å². The highest BCUT2D eigenvalue weighted by Crippen LogP contribution is 2.14. The van der Waals surface area contributed by atoms with Gasteiger partial charge in [-0.15, -0.1) is 0 Å². The monoisotopic (exact) mass is 234 g/mol. The zero-order chi connectivity index (χ0) is 11.9. The molecule has 0 radical (unpaired) electrons. The first-order valence-electron chi connectivity index (χ1n) is 5.96. The lowest BCUT2D eigenvalue weighted by Crippen LogP contribution is -2.18. The highest BCUT2D eigenvalue weighted by atomic mass is 16.7. The quantitative estimate of drug-likeness (QED) is 0.783. The van der Waals surface area contributed by atoms with Crippen molar-refractivity contribution < 1.29 is 14.2 Å². The van der Waals surface area contributed by atoms with Crippen LogP contribution in [0.15, 0.2) is 36.4 Å². The first-order valence-corrected chi connectivity index (χ1v) is 5.96. The third-order valence-electron chi connectivity index (χ3n) is 2.53. The third-order valence-corrected chi connectivity index (χ3v) is 2.53. The van der Waals surface area contributed by atoms with E-state index in [9.17, 15) is 0 Å². The molecule has 0 N–H and O–H groups in total. The molecular formula is C14H18O3. The Morgan fingerprint density at radius 3 is 2.94 bits per heavy atom. The smallest absolute Gasteiger partial charge is 0.177 e. The van der Waals surface area contributed by atoms with E-state index < -0.39 is 0 Å². The van der Waals surface area contributed by atoms with Crippen molar-refractivity contribution in [2.24, 2.45) is 0 Å². The minimum absolute atomic E-state index is 0.0559. The van der Waals surface area contributed by atoms with Gasteiger partial charge < -0.3 is 14.2 Å². The van der Waals surface area contributed by atoms with Gasteiger partial charge in [-0.3, -0.25) is 0 Å². The highest BCUT2D eigenvalue weighted by molar-refractivity contribution is 5.49. The van der Waals surface area contributed by atoms with Gasteiger partial charge in [-0.1, -0.05) is 36.4 Å². The Kier molecular flexibility index (Phi) is 4.74. The van der Waals surface area contributed by atoms with Crippen LogP contribution in [0.25, 0.3) is 6.08 Å². The van der Waals surface area contributed by atoms with Crippen LogP contribution in [-0.4, -0.2) is 32.2 Å². The van der Waals surface area contributed by atoms with Gasteiger partial charge in [0.15, 0.2) is 6.29 Å². The number of ether oxygens (including phenoxy) is 3. The topological polar surface area (TPSA) is 27.7 Å². The molecular weight excluding hydrogens is 216 g/mol. The first-order chi connectivity index (χ1) is 8.38. The van der Waals surface area contributed by atoms with E-state index in [0.29, 0.717) is 19.8 Å². The van der Waals surface area contributed by atoms with Crippen LogP contribution in [0.4, 0.5) is 0 Å². The Balaban J connectivity index is 1.79. The summed E-state index contributed by atoms with van der Waals surface area (Å²) in [6.07, 6.45) is 3.75. The van der Waals surface area contributed by atoms with Crippen LogP contribution in [0, 0.1) is 0 Å². The Bertz CT molecular complexity index is 348. The van der Waals surface area contributed by atoms with Gasteiger partial charge in [0.1, 0.15) is 6.10 Å². The van der Waals surface area contributed by atoms with Crippen LogP contribution >= 0.6 is 0 Å². The van der Waals surface area contributed by atoms with Gasteiger partial charge in [-0.05, 0) is 18.6 Å². The maximum atomic E-state index is 5.65. The molecule has 1 aromatic rings. The minimum Gasteiger partial charge on any atom is -0.379 e. The summed E-state index contributed by atoms with van der Waals surface area (Å²) in [4.78, 5) is 0. The summed E-state index contributed by atoms with van der Waals surface area (Å²) in [6.45, 7) is 3.89. The van der Waals surface area contributed by atoms with Gasteiger partial charge in [-0.25, -0.2) is 0 Å². The second-order valence-corrected chi connectivity index (χ2v) is 3.89. The fourth-order valence-corrected chi connectivity index (χ4v) is 1.66. The zero-order valence-electron chi connectivity index (χ0n) is 10.0. The van der Waals surface area contributed by atoms with Gasteiger partial charge >= 0.3 is 0 Å². The van der Waals surface area contributed by atoms with Crippen molar-refractivity contribution in [1.82, 2.24) is 0 Å². The molecule has 0 unspecified atom stereocenters. The molecule has 17 heavy (non-hydrogen) atoms. The second kappa shape index (κ2) is 6.55. The Hall–Kier alpha value is -1.16. The average molecular weight is 234 g/mol. The molecule has 1 aliphatic heterocycles. The van der Waals surface area contributed by atoms with E-state index >= 15 is 0 Å². The lowest BCUT2D eigenvalue weighted by atomic mass is 10.2. The van der Waals surface area contributed by atoms with E-state index in [0.717, 1.165) is 5.56 Å². The minimum atomic E-state index is -0.249. The molecule has 1 aromatic carbocycles. The fraction of sp³-hybridized carbons (Fsp3) is 0.429. The predicted octanol–water partition coefficient (Wildman–Crippen LogP) is 2.48. The standard InChI is InChI=1S/C14H18O3/c1-2-15-10-13-11-16-14(17-13)9-8-12-6-4-3-5-7-12/h3-9,13-14H,2,10-11H2,1H3/b9-8-/t13-,14-/m0/s1. The van der Waals surface area contributed by atoms with Gasteiger partial charge in [0.2, 0.25) is 0 Å². The van der Waals surface area contributed by atoms with Gasteiger partial charge in [0.05, 0.1) is 13.2 Å². The van der Waals surface area contributed by atoms with E-state index in [1.807, 2.05) is 49.4 Å². The zero-order valence-corrected chi connectivity index (χ0v) is 10.0. The van der Waals surface area contributed by atoms with E-state index in [4.69, 9.17) is 14.2 Å². The van der Waals surface area contributed by atoms with Crippen molar-refractivity contribution >= 4 is 6.08 Å². The molecule has 0 amide bonds. The van der Waals surface area contributed by atoms with Crippen molar-refractivity contribution in [3.8, 4) is 0 Å². The van der Waals surface area contributed by atoms with Gasteiger partial charge in [-0.2, -0.15) is 0 Å². The third kappa shape index (κ3) is 3.97. The molecule has 2 rings (SSSR count). The van der Waals surface area contributed by atoms with E-state index in [1.165, 1.54) is 0 Å². The molecule has 0 spiro atoms. The highest BCUT2D eigenvalue weighted by Gasteiger charge is 2.23. The molecule has 1 fully saturated rings. The van der Waals surface area contributed by atoms with Crippen LogP contribution in [0.3, 0.4) is 0 Å².